The van der Waals surface area contributed by atoms with Crippen LogP contribution < -0.4 is 10.6 Å². The SMILES string of the molecule is Cc1cc(C2=NCc3cc(CC(=O)N[C@@H]4CN(C)C[C@H]4F)ncc32)ccn1.Cc1cc(C2=NCc3cc(CC(=O)N[C@H]4CN(C)C[C@@H]4F)ncc32)ccn1. The lowest BCUT2D eigenvalue weighted by Gasteiger charge is -2.14. The number of halogens is 2. The van der Waals surface area contributed by atoms with Gasteiger partial charge >= 0.3 is 0 Å². The van der Waals surface area contributed by atoms with E-state index < -0.39 is 24.4 Å². The van der Waals surface area contributed by atoms with E-state index >= 15 is 0 Å². The van der Waals surface area contributed by atoms with Gasteiger partial charge in [-0.1, -0.05) is 0 Å². The first-order valence-electron chi connectivity index (χ1n) is 18.1. The lowest BCUT2D eigenvalue weighted by Crippen LogP contribution is -2.42. The maximum Gasteiger partial charge on any atom is 0.226 e. The van der Waals surface area contributed by atoms with E-state index in [1.54, 1.807) is 24.8 Å². The molecule has 12 nitrogen and oxygen atoms in total. The average molecular weight is 735 g/mol. The first kappa shape index (κ1) is 37.0. The minimum Gasteiger partial charge on any atom is -0.349 e. The number of amides is 2. The van der Waals surface area contributed by atoms with Crippen LogP contribution >= 0.6 is 0 Å². The Morgan fingerprint density at radius 2 is 1.09 bits per heavy atom. The number of nitrogens with one attached hydrogen (secondary N) is 2. The van der Waals surface area contributed by atoms with Crippen LogP contribution in [0.25, 0.3) is 0 Å². The van der Waals surface area contributed by atoms with Gasteiger partial charge in [0.1, 0.15) is 12.3 Å². The Hall–Kier alpha value is -5.34. The topological polar surface area (TPSA) is 141 Å². The van der Waals surface area contributed by atoms with Gasteiger partial charge in [-0.05, 0) is 75.5 Å². The smallest absolute Gasteiger partial charge is 0.226 e. The molecule has 2 amide bonds. The standard InChI is InChI=1S/2C20H22FN5O/c2*1-12-5-13(3-4-22-12)20-16-9-23-15(6-14(16)8-24-20)7-19(27)25-18-11-26(2)10-17(18)21/h2*3-6,9,17-18H,7-8,10-11H2,1-2H3,(H,25,27)/t2*17-,18-/m10/s1. The van der Waals surface area contributed by atoms with Gasteiger partial charge in [0.25, 0.3) is 0 Å². The highest BCUT2D eigenvalue weighted by Gasteiger charge is 2.33. The van der Waals surface area contributed by atoms with Crippen molar-refractivity contribution < 1.29 is 18.4 Å². The van der Waals surface area contributed by atoms with Crippen molar-refractivity contribution >= 4 is 23.2 Å². The average Bonchev–Trinajstić information content (AvgIpc) is 3.90. The van der Waals surface area contributed by atoms with Crippen LogP contribution in [0.2, 0.25) is 0 Å². The van der Waals surface area contributed by atoms with Gasteiger partial charge in [0.05, 0.1) is 60.8 Å². The molecule has 0 aromatic carbocycles. The van der Waals surface area contributed by atoms with E-state index in [1.165, 1.54) is 0 Å². The van der Waals surface area contributed by atoms with Crippen molar-refractivity contribution in [2.24, 2.45) is 9.98 Å². The number of hydrogen-bond donors (Lipinski definition) is 2. The molecule has 0 spiro atoms. The zero-order chi connectivity index (χ0) is 37.9. The summed E-state index contributed by atoms with van der Waals surface area (Å²) in [7, 11) is 3.70. The number of aryl methyl sites for hydroxylation is 2. The van der Waals surface area contributed by atoms with Crippen LogP contribution in [-0.2, 0) is 35.5 Å². The van der Waals surface area contributed by atoms with Crippen molar-refractivity contribution in [3.63, 3.8) is 0 Å². The fourth-order valence-corrected chi connectivity index (χ4v) is 7.37. The van der Waals surface area contributed by atoms with Crippen LogP contribution in [-0.4, -0.2) is 118 Å². The predicted molar refractivity (Wildman–Crippen MR) is 201 cm³/mol. The van der Waals surface area contributed by atoms with Crippen molar-refractivity contribution in [1.82, 2.24) is 40.4 Å². The van der Waals surface area contributed by atoms with Crippen LogP contribution in [0, 0.1) is 13.8 Å². The number of alkyl halides is 2. The molecule has 8 heterocycles. The molecule has 0 bridgehead atoms. The zero-order valence-electron chi connectivity index (χ0n) is 30.9. The summed E-state index contributed by atoms with van der Waals surface area (Å²) in [6, 6.07) is 10.8. The molecule has 4 aromatic heterocycles. The lowest BCUT2D eigenvalue weighted by atomic mass is 10.0. The van der Waals surface area contributed by atoms with Crippen LogP contribution in [0.5, 0.6) is 0 Å². The number of carbonyl (C=O) groups is 2. The van der Waals surface area contributed by atoms with E-state index in [1.807, 2.05) is 74.1 Å². The van der Waals surface area contributed by atoms with Crippen LogP contribution in [0.3, 0.4) is 0 Å². The van der Waals surface area contributed by atoms with Crippen molar-refractivity contribution in [1.29, 1.82) is 0 Å². The third kappa shape index (κ3) is 8.55. The van der Waals surface area contributed by atoms with Gasteiger partial charge < -0.3 is 20.4 Å². The number of hydrogen-bond acceptors (Lipinski definition) is 10. The van der Waals surface area contributed by atoms with Crippen molar-refractivity contribution in [3.8, 4) is 0 Å². The van der Waals surface area contributed by atoms with Crippen molar-refractivity contribution in [2.75, 3.05) is 40.3 Å². The summed E-state index contributed by atoms with van der Waals surface area (Å²) in [5, 5.41) is 5.57. The number of aromatic nitrogens is 4. The second kappa shape index (κ2) is 15.9. The fourth-order valence-electron chi connectivity index (χ4n) is 7.37. The Bertz CT molecular complexity index is 1970. The van der Waals surface area contributed by atoms with Crippen LogP contribution in [0.1, 0.15) is 56.2 Å². The van der Waals surface area contributed by atoms with Crippen molar-refractivity contribution in [2.45, 2.75) is 64.2 Å². The summed E-state index contributed by atoms with van der Waals surface area (Å²) in [5.74, 6) is -0.399. The van der Waals surface area contributed by atoms with E-state index in [4.69, 9.17) is 0 Å². The highest BCUT2D eigenvalue weighted by molar-refractivity contribution is 6.15. The van der Waals surface area contributed by atoms with Gasteiger partial charge in [0.15, 0.2) is 0 Å². The van der Waals surface area contributed by atoms with E-state index in [9.17, 15) is 18.4 Å². The molecule has 54 heavy (non-hydrogen) atoms. The number of pyridine rings is 4. The monoisotopic (exact) mass is 734 g/mol. The number of fused-ring (bicyclic) bond motifs is 2. The number of carbonyl (C=O) groups excluding carboxylic acids is 2. The molecule has 0 aliphatic carbocycles. The molecule has 280 valence electrons. The van der Waals surface area contributed by atoms with Gasteiger partial charge in [0, 0.05) is 84.6 Å². The normalized spacial score (nSPS) is 21.8. The summed E-state index contributed by atoms with van der Waals surface area (Å²) in [6.07, 6.45) is 5.35. The molecule has 0 radical (unpaired) electrons. The van der Waals surface area contributed by atoms with E-state index in [2.05, 4.69) is 40.6 Å². The highest BCUT2D eigenvalue weighted by Crippen LogP contribution is 2.25. The minimum absolute atomic E-state index is 0.143. The molecule has 4 aliphatic rings. The quantitative estimate of drug-likeness (QED) is 0.282. The Morgan fingerprint density at radius 1 is 0.667 bits per heavy atom. The summed E-state index contributed by atoms with van der Waals surface area (Å²) in [4.78, 5) is 54.9. The predicted octanol–water partition coefficient (Wildman–Crippen LogP) is 2.89. The van der Waals surface area contributed by atoms with E-state index in [0.29, 0.717) is 50.7 Å². The Kier molecular flexibility index (Phi) is 10.9. The summed E-state index contributed by atoms with van der Waals surface area (Å²) in [6.45, 7) is 6.83. The van der Waals surface area contributed by atoms with Gasteiger partial charge in [-0.15, -0.1) is 0 Å². The van der Waals surface area contributed by atoms with Gasteiger partial charge in [-0.2, -0.15) is 0 Å². The van der Waals surface area contributed by atoms with Gasteiger partial charge in [-0.3, -0.25) is 39.5 Å². The lowest BCUT2D eigenvalue weighted by molar-refractivity contribution is -0.122. The molecule has 2 N–H and O–H groups in total. The number of nitrogens with zero attached hydrogens (tertiary/aromatic N) is 8. The Balaban J connectivity index is 0.000000167. The number of rotatable bonds is 8. The molecular weight excluding hydrogens is 691 g/mol. The number of aliphatic imine (C=N–C) groups is 2. The number of likely N-dealkylation sites (tertiary alicyclic amines) is 2. The fraction of sp³-hybridized carbons (Fsp3) is 0.400. The molecule has 0 saturated carbocycles. The molecule has 2 saturated heterocycles. The second-order valence-corrected chi connectivity index (χ2v) is 14.5. The largest absolute Gasteiger partial charge is 0.349 e. The molecule has 8 rings (SSSR count). The van der Waals surface area contributed by atoms with Crippen LogP contribution in [0.15, 0.2) is 71.2 Å². The van der Waals surface area contributed by atoms with Crippen molar-refractivity contribution in [3.05, 3.63) is 117 Å². The first-order valence-corrected chi connectivity index (χ1v) is 18.1. The maximum atomic E-state index is 13.9. The third-order valence-electron chi connectivity index (χ3n) is 10.00. The molecule has 4 aromatic rings. The summed E-state index contributed by atoms with van der Waals surface area (Å²) in [5.41, 5.74) is 11.2. The van der Waals surface area contributed by atoms with E-state index in [0.717, 1.165) is 56.2 Å². The highest BCUT2D eigenvalue weighted by atomic mass is 19.1. The first-order chi connectivity index (χ1) is 26.0. The van der Waals surface area contributed by atoms with Gasteiger partial charge in [0.2, 0.25) is 11.8 Å². The summed E-state index contributed by atoms with van der Waals surface area (Å²) < 4.78 is 27.7. The van der Waals surface area contributed by atoms with Gasteiger partial charge in [-0.25, -0.2) is 8.78 Å². The Morgan fingerprint density at radius 3 is 1.46 bits per heavy atom. The molecule has 14 heteroatoms. The molecule has 4 aliphatic heterocycles. The molecule has 0 unspecified atom stereocenters. The Labute approximate surface area is 313 Å². The van der Waals surface area contributed by atoms with Crippen LogP contribution in [0.4, 0.5) is 8.78 Å². The number of likely N-dealkylation sites (N-methyl/N-ethyl adjacent to an activating group) is 2. The molecular formula is C40H44F2N10O2. The second-order valence-electron chi connectivity index (χ2n) is 14.5. The molecule has 2 fully saturated rings. The molecule has 4 atom stereocenters. The summed E-state index contributed by atoms with van der Waals surface area (Å²) >= 11 is 0. The minimum atomic E-state index is -1.02. The van der Waals surface area contributed by atoms with E-state index in [-0.39, 0.29) is 24.7 Å². The zero-order valence-corrected chi connectivity index (χ0v) is 30.9. The maximum absolute atomic E-state index is 13.9. The third-order valence-corrected chi connectivity index (χ3v) is 10.00.